The second-order valence-corrected chi connectivity index (χ2v) is 5.94. The lowest BCUT2D eigenvalue weighted by Gasteiger charge is -2.16. The van der Waals surface area contributed by atoms with E-state index in [0.717, 1.165) is 16.1 Å². The molecule has 0 amide bonds. The minimum absolute atomic E-state index is 0.0232. The van der Waals surface area contributed by atoms with Crippen molar-refractivity contribution in [2.24, 2.45) is 7.05 Å². The first kappa shape index (κ1) is 11.1. The fourth-order valence-corrected chi connectivity index (χ4v) is 2.33. The molecule has 2 N–H and O–H groups in total. The summed E-state index contributed by atoms with van der Waals surface area (Å²) in [5.74, 6) is 0. The number of rotatable bonds is 1. The van der Waals surface area contributed by atoms with Gasteiger partial charge in [0.1, 0.15) is 0 Å². The summed E-state index contributed by atoms with van der Waals surface area (Å²) in [6.45, 7) is 6.47. The zero-order chi connectivity index (χ0) is 11.9. The first-order valence-electron chi connectivity index (χ1n) is 5.14. The van der Waals surface area contributed by atoms with E-state index in [1.165, 1.54) is 11.3 Å². The van der Waals surface area contributed by atoms with Crippen molar-refractivity contribution in [3.63, 3.8) is 0 Å². The van der Waals surface area contributed by atoms with Crippen LogP contribution in [-0.2, 0) is 12.5 Å². The molecule has 2 aromatic heterocycles. The van der Waals surface area contributed by atoms with Crippen molar-refractivity contribution < 1.29 is 0 Å². The summed E-state index contributed by atoms with van der Waals surface area (Å²) in [6.07, 6.45) is 3.83. The number of nitrogens with two attached hydrogens (primary N) is 1. The molecule has 0 spiro atoms. The third kappa shape index (κ3) is 1.95. The molecule has 0 unspecified atom stereocenters. The van der Waals surface area contributed by atoms with E-state index in [4.69, 9.17) is 5.73 Å². The van der Waals surface area contributed by atoms with Gasteiger partial charge in [-0.05, 0) is 0 Å². The standard InChI is InChI=1S/C11H16N4S/c1-11(2,3)9-7(6-15(4)14-9)8-5-13-10(12)16-8/h5-6H,1-4H3,(H2,12,13). The van der Waals surface area contributed by atoms with Crippen LogP contribution in [-0.4, -0.2) is 14.8 Å². The normalized spacial score (nSPS) is 12.0. The molecule has 0 radical (unpaired) electrons. The highest BCUT2D eigenvalue weighted by atomic mass is 32.1. The van der Waals surface area contributed by atoms with E-state index >= 15 is 0 Å². The van der Waals surface area contributed by atoms with Gasteiger partial charge in [-0.3, -0.25) is 4.68 Å². The molecule has 2 heterocycles. The minimum atomic E-state index is 0.0232. The quantitative estimate of drug-likeness (QED) is 0.827. The molecule has 0 saturated carbocycles. The summed E-state index contributed by atoms with van der Waals surface area (Å²) < 4.78 is 1.84. The highest BCUT2D eigenvalue weighted by Crippen LogP contribution is 2.35. The lowest BCUT2D eigenvalue weighted by molar-refractivity contribution is 0.554. The number of aromatic nitrogens is 3. The molecular weight excluding hydrogens is 220 g/mol. The van der Waals surface area contributed by atoms with E-state index in [1.807, 2.05) is 24.1 Å². The summed E-state index contributed by atoms with van der Waals surface area (Å²) in [6, 6.07) is 0. The Kier molecular flexibility index (Phi) is 2.50. The van der Waals surface area contributed by atoms with Crippen LogP contribution >= 0.6 is 11.3 Å². The minimum Gasteiger partial charge on any atom is -0.375 e. The average molecular weight is 236 g/mol. The predicted molar refractivity (Wildman–Crippen MR) is 67.4 cm³/mol. The van der Waals surface area contributed by atoms with Crippen LogP contribution in [0.4, 0.5) is 5.13 Å². The summed E-state index contributed by atoms with van der Waals surface area (Å²) in [7, 11) is 1.93. The van der Waals surface area contributed by atoms with Crippen LogP contribution in [0.25, 0.3) is 10.4 Å². The molecule has 4 nitrogen and oxygen atoms in total. The smallest absolute Gasteiger partial charge is 0.180 e. The van der Waals surface area contributed by atoms with Crippen LogP contribution < -0.4 is 5.73 Å². The molecule has 0 saturated heterocycles. The Balaban J connectivity index is 2.57. The SMILES string of the molecule is Cn1cc(-c2cnc(N)s2)c(C(C)(C)C)n1. The summed E-state index contributed by atoms with van der Waals surface area (Å²) >= 11 is 1.50. The molecule has 5 heteroatoms. The van der Waals surface area contributed by atoms with Crippen molar-refractivity contribution in [2.75, 3.05) is 5.73 Å². The summed E-state index contributed by atoms with van der Waals surface area (Å²) in [5.41, 5.74) is 7.90. The molecule has 2 rings (SSSR count). The maximum Gasteiger partial charge on any atom is 0.180 e. The van der Waals surface area contributed by atoms with Crippen molar-refractivity contribution >= 4 is 16.5 Å². The zero-order valence-electron chi connectivity index (χ0n) is 9.98. The molecule has 2 aromatic rings. The highest BCUT2D eigenvalue weighted by molar-refractivity contribution is 7.18. The summed E-state index contributed by atoms with van der Waals surface area (Å²) in [4.78, 5) is 5.16. The summed E-state index contributed by atoms with van der Waals surface area (Å²) in [5, 5.41) is 5.12. The third-order valence-corrected chi connectivity index (χ3v) is 3.19. The number of anilines is 1. The molecule has 86 valence electrons. The van der Waals surface area contributed by atoms with Gasteiger partial charge in [-0.1, -0.05) is 32.1 Å². The molecule has 0 aliphatic heterocycles. The number of aryl methyl sites for hydroxylation is 1. The van der Waals surface area contributed by atoms with Gasteiger partial charge < -0.3 is 5.73 Å². The van der Waals surface area contributed by atoms with Gasteiger partial charge in [0, 0.05) is 30.4 Å². The van der Waals surface area contributed by atoms with Crippen molar-refractivity contribution in [1.29, 1.82) is 0 Å². The molecule has 16 heavy (non-hydrogen) atoms. The molecule has 0 aliphatic carbocycles. The predicted octanol–water partition coefficient (Wildman–Crippen LogP) is 2.42. The van der Waals surface area contributed by atoms with Crippen molar-refractivity contribution in [1.82, 2.24) is 14.8 Å². The van der Waals surface area contributed by atoms with Crippen LogP contribution in [0, 0.1) is 0 Å². The Morgan fingerprint density at radius 3 is 2.56 bits per heavy atom. The molecule has 0 aromatic carbocycles. The maximum absolute atomic E-state index is 5.66. The number of hydrogen-bond acceptors (Lipinski definition) is 4. The van der Waals surface area contributed by atoms with E-state index in [0.29, 0.717) is 5.13 Å². The third-order valence-electron chi connectivity index (χ3n) is 2.33. The van der Waals surface area contributed by atoms with Crippen LogP contribution in [0.15, 0.2) is 12.4 Å². The van der Waals surface area contributed by atoms with Gasteiger partial charge in [-0.15, -0.1) is 0 Å². The molecule has 0 atom stereocenters. The first-order chi connectivity index (χ1) is 7.38. The second-order valence-electron chi connectivity index (χ2n) is 4.88. The number of thiazole rings is 1. The molecular formula is C11H16N4S. The van der Waals surface area contributed by atoms with Crippen LogP contribution in [0.3, 0.4) is 0 Å². The Morgan fingerprint density at radius 1 is 1.38 bits per heavy atom. The molecule has 0 aliphatic rings. The largest absolute Gasteiger partial charge is 0.375 e. The van der Waals surface area contributed by atoms with Gasteiger partial charge in [0.15, 0.2) is 5.13 Å². The Labute approximate surface area is 99.1 Å². The number of hydrogen-bond donors (Lipinski definition) is 1. The Hall–Kier alpha value is -1.36. The first-order valence-corrected chi connectivity index (χ1v) is 5.95. The van der Waals surface area contributed by atoms with Gasteiger partial charge in [0.25, 0.3) is 0 Å². The Bertz CT molecular complexity index is 504. The van der Waals surface area contributed by atoms with Crippen molar-refractivity contribution in [3.05, 3.63) is 18.1 Å². The van der Waals surface area contributed by atoms with Crippen molar-refractivity contribution in [3.8, 4) is 10.4 Å². The van der Waals surface area contributed by atoms with Gasteiger partial charge in [-0.25, -0.2) is 4.98 Å². The highest BCUT2D eigenvalue weighted by Gasteiger charge is 2.23. The van der Waals surface area contributed by atoms with E-state index in [-0.39, 0.29) is 5.41 Å². The van der Waals surface area contributed by atoms with Crippen molar-refractivity contribution in [2.45, 2.75) is 26.2 Å². The van der Waals surface area contributed by atoms with Crippen LogP contribution in [0.2, 0.25) is 0 Å². The number of nitrogen functional groups attached to an aromatic ring is 1. The average Bonchev–Trinajstić information content (AvgIpc) is 2.70. The maximum atomic E-state index is 5.66. The number of nitrogens with zero attached hydrogens (tertiary/aromatic N) is 3. The Morgan fingerprint density at radius 2 is 2.06 bits per heavy atom. The second kappa shape index (κ2) is 3.59. The molecule has 0 bridgehead atoms. The van der Waals surface area contributed by atoms with Gasteiger partial charge in [0.2, 0.25) is 0 Å². The molecule has 0 fully saturated rings. The van der Waals surface area contributed by atoms with Crippen LogP contribution in [0.1, 0.15) is 26.5 Å². The van der Waals surface area contributed by atoms with E-state index in [2.05, 4.69) is 30.9 Å². The zero-order valence-corrected chi connectivity index (χ0v) is 10.8. The lowest BCUT2D eigenvalue weighted by Crippen LogP contribution is -2.13. The van der Waals surface area contributed by atoms with Crippen LogP contribution in [0.5, 0.6) is 0 Å². The van der Waals surface area contributed by atoms with E-state index < -0.39 is 0 Å². The van der Waals surface area contributed by atoms with Gasteiger partial charge >= 0.3 is 0 Å². The fraction of sp³-hybridized carbons (Fsp3) is 0.455. The van der Waals surface area contributed by atoms with Gasteiger partial charge in [-0.2, -0.15) is 5.10 Å². The van der Waals surface area contributed by atoms with Gasteiger partial charge in [0.05, 0.1) is 10.6 Å². The topological polar surface area (TPSA) is 56.7 Å². The van der Waals surface area contributed by atoms with E-state index in [1.54, 1.807) is 0 Å². The van der Waals surface area contributed by atoms with E-state index in [9.17, 15) is 0 Å². The fourth-order valence-electron chi connectivity index (χ4n) is 1.63. The monoisotopic (exact) mass is 236 g/mol. The lowest BCUT2D eigenvalue weighted by atomic mass is 9.89.